The van der Waals surface area contributed by atoms with E-state index in [1.165, 1.54) is 0 Å². The highest BCUT2D eigenvalue weighted by molar-refractivity contribution is 7.98. The molecular formula is C11H22N2O3S. The van der Waals surface area contributed by atoms with Gasteiger partial charge >= 0.3 is 5.97 Å². The molecule has 1 amide bonds. The number of amides is 1. The van der Waals surface area contributed by atoms with Crippen molar-refractivity contribution < 1.29 is 14.7 Å². The summed E-state index contributed by atoms with van der Waals surface area (Å²) < 4.78 is 0. The Balaban J connectivity index is 4.56. The van der Waals surface area contributed by atoms with Crippen LogP contribution in [0.5, 0.6) is 0 Å². The van der Waals surface area contributed by atoms with Crippen molar-refractivity contribution in [2.45, 2.75) is 44.7 Å². The topological polar surface area (TPSA) is 92.4 Å². The van der Waals surface area contributed by atoms with Gasteiger partial charge in [0.2, 0.25) is 5.91 Å². The molecular weight excluding hydrogens is 240 g/mol. The summed E-state index contributed by atoms with van der Waals surface area (Å²) in [5, 5.41) is 11.7. The maximum absolute atomic E-state index is 11.8. The van der Waals surface area contributed by atoms with Gasteiger partial charge in [0.1, 0.15) is 5.54 Å². The molecule has 0 rings (SSSR count). The highest BCUT2D eigenvalue weighted by atomic mass is 32.2. The third-order valence-corrected chi connectivity index (χ3v) is 3.59. The zero-order chi connectivity index (χ0) is 13.5. The summed E-state index contributed by atoms with van der Waals surface area (Å²) in [4.78, 5) is 23.0. The van der Waals surface area contributed by atoms with Gasteiger partial charge in [-0.25, -0.2) is 4.79 Å². The molecule has 6 heteroatoms. The Bertz CT molecular complexity index is 267. The number of carbonyl (C=O) groups excluding carboxylic acids is 1. The zero-order valence-corrected chi connectivity index (χ0v) is 11.5. The molecule has 0 aliphatic carbocycles. The number of carbonyl (C=O) groups is 2. The van der Waals surface area contributed by atoms with Crippen molar-refractivity contribution in [3.05, 3.63) is 0 Å². The van der Waals surface area contributed by atoms with E-state index >= 15 is 0 Å². The zero-order valence-electron chi connectivity index (χ0n) is 10.7. The summed E-state index contributed by atoms with van der Waals surface area (Å²) in [6.45, 7) is 3.48. The first kappa shape index (κ1) is 16.2. The Morgan fingerprint density at radius 1 is 1.41 bits per heavy atom. The largest absolute Gasteiger partial charge is 0.480 e. The molecule has 0 saturated heterocycles. The predicted octanol–water partition coefficient (Wildman–Crippen LogP) is 0.826. The number of aliphatic carboxylic acids is 1. The molecule has 0 fully saturated rings. The minimum atomic E-state index is -1.19. The second-order valence-electron chi connectivity index (χ2n) is 3.97. The number of carboxylic acid groups (broad SMARTS) is 1. The van der Waals surface area contributed by atoms with E-state index in [9.17, 15) is 14.7 Å². The molecule has 0 saturated carbocycles. The van der Waals surface area contributed by atoms with E-state index in [1.807, 2.05) is 6.26 Å². The Labute approximate surface area is 107 Å². The molecule has 0 radical (unpaired) electrons. The van der Waals surface area contributed by atoms with Crippen molar-refractivity contribution in [1.29, 1.82) is 0 Å². The van der Waals surface area contributed by atoms with Crippen LogP contribution in [0.25, 0.3) is 0 Å². The van der Waals surface area contributed by atoms with Gasteiger partial charge in [-0.1, -0.05) is 13.8 Å². The summed E-state index contributed by atoms with van der Waals surface area (Å²) in [7, 11) is 0. The fourth-order valence-electron chi connectivity index (χ4n) is 1.49. The molecule has 4 N–H and O–H groups in total. The monoisotopic (exact) mass is 262 g/mol. The number of carboxylic acids is 1. The average molecular weight is 262 g/mol. The van der Waals surface area contributed by atoms with Crippen molar-refractivity contribution in [1.82, 2.24) is 5.32 Å². The van der Waals surface area contributed by atoms with E-state index in [2.05, 4.69) is 5.32 Å². The van der Waals surface area contributed by atoms with Gasteiger partial charge in [-0.3, -0.25) is 4.79 Å². The molecule has 0 aliphatic rings. The van der Waals surface area contributed by atoms with Crippen molar-refractivity contribution in [2.24, 2.45) is 5.73 Å². The lowest BCUT2D eigenvalue weighted by Gasteiger charge is -2.29. The standard InChI is InChI=1S/C11H22N2O3S/c1-4-11(5-2,10(15)16)13-9(14)8(12)6-7-17-3/h8H,4-7,12H2,1-3H3,(H,13,14)(H,15,16)/t8-/m0/s1. The highest BCUT2D eigenvalue weighted by Gasteiger charge is 2.37. The molecule has 1 atom stereocenters. The van der Waals surface area contributed by atoms with Gasteiger partial charge in [0.15, 0.2) is 0 Å². The molecule has 0 heterocycles. The summed E-state index contributed by atoms with van der Waals surface area (Å²) in [5.41, 5.74) is 4.52. The quantitative estimate of drug-likeness (QED) is 0.602. The van der Waals surface area contributed by atoms with Crippen molar-refractivity contribution >= 4 is 23.6 Å². The van der Waals surface area contributed by atoms with Crippen LogP contribution in [0.3, 0.4) is 0 Å². The van der Waals surface area contributed by atoms with E-state index in [1.54, 1.807) is 25.6 Å². The smallest absolute Gasteiger partial charge is 0.329 e. The first-order chi connectivity index (χ1) is 7.93. The molecule has 0 bridgehead atoms. The van der Waals surface area contributed by atoms with Gasteiger partial charge in [-0.2, -0.15) is 11.8 Å². The second-order valence-corrected chi connectivity index (χ2v) is 4.96. The molecule has 0 unspecified atom stereocenters. The van der Waals surface area contributed by atoms with E-state index in [0.717, 1.165) is 5.75 Å². The number of nitrogens with one attached hydrogen (secondary N) is 1. The molecule has 0 aromatic heterocycles. The Morgan fingerprint density at radius 3 is 2.29 bits per heavy atom. The molecule has 100 valence electrons. The number of rotatable bonds is 8. The van der Waals surface area contributed by atoms with E-state index < -0.39 is 17.6 Å². The second kappa shape index (κ2) is 7.55. The third-order valence-electron chi connectivity index (χ3n) is 2.95. The van der Waals surface area contributed by atoms with Gasteiger partial charge in [-0.15, -0.1) is 0 Å². The van der Waals surface area contributed by atoms with Crippen LogP contribution in [0.15, 0.2) is 0 Å². The minimum Gasteiger partial charge on any atom is -0.480 e. The summed E-state index contributed by atoms with van der Waals surface area (Å²) in [6.07, 6.45) is 3.18. The van der Waals surface area contributed by atoms with Crippen LogP contribution in [-0.2, 0) is 9.59 Å². The van der Waals surface area contributed by atoms with E-state index in [0.29, 0.717) is 19.3 Å². The van der Waals surface area contributed by atoms with Gasteiger partial charge in [-0.05, 0) is 31.3 Å². The Hall–Kier alpha value is -0.750. The summed E-state index contributed by atoms with van der Waals surface area (Å²) in [5.74, 6) is -0.606. The molecule has 5 nitrogen and oxygen atoms in total. The number of hydrogen-bond donors (Lipinski definition) is 3. The summed E-state index contributed by atoms with van der Waals surface area (Å²) >= 11 is 1.61. The van der Waals surface area contributed by atoms with Crippen LogP contribution < -0.4 is 11.1 Å². The van der Waals surface area contributed by atoms with Crippen LogP contribution in [0.2, 0.25) is 0 Å². The van der Waals surface area contributed by atoms with Crippen molar-refractivity contribution in [3.63, 3.8) is 0 Å². The fraction of sp³-hybridized carbons (Fsp3) is 0.818. The Kier molecular flexibility index (Phi) is 7.22. The van der Waals surface area contributed by atoms with Crippen LogP contribution in [0, 0.1) is 0 Å². The van der Waals surface area contributed by atoms with Crippen LogP contribution in [0.4, 0.5) is 0 Å². The minimum absolute atomic E-state index is 0.347. The molecule has 0 aromatic carbocycles. The van der Waals surface area contributed by atoms with Gasteiger partial charge in [0.05, 0.1) is 6.04 Å². The first-order valence-corrected chi connectivity index (χ1v) is 7.12. The SMILES string of the molecule is CCC(CC)(NC(=O)[C@@H](N)CCSC)C(=O)O. The molecule has 17 heavy (non-hydrogen) atoms. The Morgan fingerprint density at radius 2 is 1.94 bits per heavy atom. The van der Waals surface area contributed by atoms with Crippen LogP contribution in [0.1, 0.15) is 33.1 Å². The number of nitrogens with two attached hydrogens (primary N) is 1. The normalized spacial score (nSPS) is 13.2. The van der Waals surface area contributed by atoms with E-state index in [4.69, 9.17) is 5.73 Å². The van der Waals surface area contributed by atoms with Crippen molar-refractivity contribution in [2.75, 3.05) is 12.0 Å². The van der Waals surface area contributed by atoms with Gasteiger partial charge in [0.25, 0.3) is 0 Å². The van der Waals surface area contributed by atoms with Crippen LogP contribution >= 0.6 is 11.8 Å². The lowest BCUT2D eigenvalue weighted by molar-refractivity contribution is -0.148. The number of hydrogen-bond acceptors (Lipinski definition) is 4. The molecule has 0 aromatic rings. The maximum Gasteiger partial charge on any atom is 0.329 e. The molecule has 0 spiro atoms. The van der Waals surface area contributed by atoms with Crippen LogP contribution in [-0.4, -0.2) is 40.6 Å². The highest BCUT2D eigenvalue weighted by Crippen LogP contribution is 2.15. The van der Waals surface area contributed by atoms with Crippen molar-refractivity contribution in [3.8, 4) is 0 Å². The van der Waals surface area contributed by atoms with Gasteiger partial charge < -0.3 is 16.2 Å². The lowest BCUT2D eigenvalue weighted by atomic mass is 9.92. The number of thioether (sulfide) groups is 1. The first-order valence-electron chi connectivity index (χ1n) is 5.73. The average Bonchev–Trinajstić information content (AvgIpc) is 2.32. The van der Waals surface area contributed by atoms with Gasteiger partial charge in [0, 0.05) is 0 Å². The van der Waals surface area contributed by atoms with E-state index in [-0.39, 0.29) is 5.91 Å². The molecule has 0 aliphatic heterocycles. The third kappa shape index (κ3) is 4.55. The predicted molar refractivity (Wildman–Crippen MR) is 70.1 cm³/mol. The maximum atomic E-state index is 11.8. The summed E-state index contributed by atoms with van der Waals surface area (Å²) in [6, 6.07) is -0.640. The fourth-order valence-corrected chi connectivity index (χ4v) is 1.98. The lowest BCUT2D eigenvalue weighted by Crippen LogP contribution is -2.57.